The molecule has 1 aliphatic rings. The normalized spacial score (nSPS) is 14.0. The molecule has 5 nitrogen and oxygen atoms in total. The summed E-state index contributed by atoms with van der Waals surface area (Å²) in [5, 5.41) is 3.77. The number of hydrogen-bond acceptors (Lipinski definition) is 5. The molecule has 2 aromatic rings. The van der Waals surface area contributed by atoms with Crippen LogP contribution in [0.5, 0.6) is 0 Å². The van der Waals surface area contributed by atoms with Crippen LogP contribution in [-0.4, -0.2) is 34.7 Å². The topological polar surface area (TPSA) is 58.1 Å². The fourth-order valence-electron chi connectivity index (χ4n) is 2.62. The van der Waals surface area contributed by atoms with Crippen molar-refractivity contribution in [2.75, 3.05) is 29.1 Å². The predicted molar refractivity (Wildman–Crippen MR) is 102 cm³/mol. The number of halogens is 1. The molecule has 1 N–H and O–H groups in total. The van der Waals surface area contributed by atoms with E-state index in [1.165, 1.54) is 24.6 Å². The minimum absolute atomic E-state index is 0.0354. The van der Waals surface area contributed by atoms with E-state index in [1.807, 2.05) is 31.2 Å². The highest BCUT2D eigenvalue weighted by Gasteiger charge is 2.14. The monoisotopic (exact) mass is 406 g/mol. The predicted octanol–water partition coefficient (Wildman–Crippen LogP) is 3.88. The second-order valence-corrected chi connectivity index (χ2v) is 7.62. The summed E-state index contributed by atoms with van der Waals surface area (Å²) in [7, 11) is 0. The molecule has 0 aliphatic carbocycles. The van der Waals surface area contributed by atoms with E-state index in [1.54, 1.807) is 6.33 Å². The van der Waals surface area contributed by atoms with Gasteiger partial charge in [0.25, 0.3) is 0 Å². The van der Waals surface area contributed by atoms with Gasteiger partial charge in [-0.1, -0.05) is 27.7 Å². The van der Waals surface area contributed by atoms with Crippen LogP contribution in [0.1, 0.15) is 18.4 Å². The van der Waals surface area contributed by atoms with E-state index in [4.69, 9.17) is 0 Å². The van der Waals surface area contributed by atoms with Crippen LogP contribution in [0.4, 0.5) is 11.5 Å². The standard InChI is InChI=1S/C17H19BrN4OS/c1-12-8-13(18)4-5-14(12)21-16(23)10-24-17-9-15(19-11-20-17)22-6-2-3-7-22/h4-5,8-9,11H,2-3,6-7,10H2,1H3,(H,21,23). The van der Waals surface area contributed by atoms with Crippen molar-refractivity contribution in [2.45, 2.75) is 24.8 Å². The first kappa shape index (κ1) is 17.2. The van der Waals surface area contributed by atoms with Gasteiger partial charge >= 0.3 is 0 Å². The number of carbonyl (C=O) groups is 1. The van der Waals surface area contributed by atoms with Gasteiger partial charge in [-0.15, -0.1) is 0 Å². The molecule has 1 fully saturated rings. The number of nitrogens with zero attached hydrogens (tertiary/aromatic N) is 3. The molecule has 126 valence electrons. The van der Waals surface area contributed by atoms with Gasteiger partial charge < -0.3 is 10.2 Å². The maximum atomic E-state index is 12.2. The second kappa shape index (κ2) is 7.98. The van der Waals surface area contributed by atoms with Crippen LogP contribution in [-0.2, 0) is 4.79 Å². The Hall–Kier alpha value is -1.60. The van der Waals surface area contributed by atoms with Crippen molar-refractivity contribution in [3.8, 4) is 0 Å². The first-order valence-corrected chi connectivity index (χ1v) is 9.65. The smallest absolute Gasteiger partial charge is 0.234 e. The lowest BCUT2D eigenvalue weighted by atomic mass is 10.2. The van der Waals surface area contributed by atoms with Crippen molar-refractivity contribution in [3.05, 3.63) is 40.6 Å². The van der Waals surface area contributed by atoms with Crippen LogP contribution < -0.4 is 10.2 Å². The molecule has 3 rings (SSSR count). The molecular formula is C17H19BrN4OS. The summed E-state index contributed by atoms with van der Waals surface area (Å²) in [4.78, 5) is 23.0. The number of rotatable bonds is 5. The van der Waals surface area contributed by atoms with Gasteiger partial charge in [-0.3, -0.25) is 4.79 Å². The molecule has 0 unspecified atom stereocenters. The quantitative estimate of drug-likeness (QED) is 0.602. The summed E-state index contributed by atoms with van der Waals surface area (Å²) in [5.41, 5.74) is 1.87. The van der Waals surface area contributed by atoms with Crippen LogP contribution >= 0.6 is 27.7 Å². The number of aryl methyl sites for hydroxylation is 1. The van der Waals surface area contributed by atoms with Gasteiger partial charge in [-0.25, -0.2) is 9.97 Å². The van der Waals surface area contributed by atoms with Crippen LogP contribution in [0.3, 0.4) is 0 Å². The van der Waals surface area contributed by atoms with Gasteiger partial charge in [-0.2, -0.15) is 0 Å². The van der Waals surface area contributed by atoms with Crippen LogP contribution in [0.2, 0.25) is 0 Å². The number of amides is 1. The summed E-state index contributed by atoms with van der Waals surface area (Å²) in [5.74, 6) is 1.24. The van der Waals surface area contributed by atoms with E-state index in [0.717, 1.165) is 39.7 Å². The van der Waals surface area contributed by atoms with E-state index in [2.05, 4.69) is 36.1 Å². The van der Waals surface area contributed by atoms with E-state index < -0.39 is 0 Å². The van der Waals surface area contributed by atoms with E-state index in [0.29, 0.717) is 5.75 Å². The molecule has 0 radical (unpaired) electrons. The van der Waals surface area contributed by atoms with Gasteiger partial charge in [0.2, 0.25) is 5.91 Å². The molecule has 1 aromatic carbocycles. The van der Waals surface area contributed by atoms with Crippen molar-refractivity contribution in [1.82, 2.24) is 9.97 Å². The number of anilines is 2. The zero-order valence-electron chi connectivity index (χ0n) is 13.5. The largest absolute Gasteiger partial charge is 0.356 e. The first-order chi connectivity index (χ1) is 11.6. The third-order valence-corrected chi connectivity index (χ3v) is 5.29. The zero-order chi connectivity index (χ0) is 16.9. The van der Waals surface area contributed by atoms with Crippen LogP contribution in [0, 0.1) is 6.92 Å². The summed E-state index contributed by atoms with van der Waals surface area (Å²) in [6.45, 7) is 4.06. The van der Waals surface area contributed by atoms with E-state index in [-0.39, 0.29) is 5.91 Å². The molecule has 24 heavy (non-hydrogen) atoms. The van der Waals surface area contributed by atoms with Crippen LogP contribution in [0.25, 0.3) is 0 Å². The molecule has 0 bridgehead atoms. The second-order valence-electron chi connectivity index (χ2n) is 5.70. The maximum absolute atomic E-state index is 12.2. The number of hydrogen-bond donors (Lipinski definition) is 1. The number of carbonyl (C=O) groups excluding carboxylic acids is 1. The Morgan fingerprint density at radius 2 is 2.08 bits per heavy atom. The molecule has 1 amide bonds. The van der Waals surface area contributed by atoms with Crippen molar-refractivity contribution in [3.63, 3.8) is 0 Å². The van der Waals surface area contributed by atoms with Gasteiger partial charge in [0, 0.05) is 29.3 Å². The Morgan fingerprint density at radius 3 is 2.83 bits per heavy atom. The van der Waals surface area contributed by atoms with E-state index >= 15 is 0 Å². The van der Waals surface area contributed by atoms with Crippen molar-refractivity contribution in [1.29, 1.82) is 0 Å². The Balaban J connectivity index is 1.57. The highest BCUT2D eigenvalue weighted by Crippen LogP contribution is 2.23. The van der Waals surface area contributed by atoms with E-state index in [9.17, 15) is 4.79 Å². The molecule has 1 aromatic heterocycles. The lowest BCUT2D eigenvalue weighted by molar-refractivity contribution is -0.113. The number of benzene rings is 1. The summed E-state index contributed by atoms with van der Waals surface area (Å²) in [6.07, 6.45) is 4.00. The third kappa shape index (κ3) is 4.48. The molecule has 7 heteroatoms. The fourth-order valence-corrected chi connectivity index (χ4v) is 3.76. The average Bonchev–Trinajstić information content (AvgIpc) is 3.10. The fraction of sp³-hybridized carbons (Fsp3) is 0.353. The summed E-state index contributed by atoms with van der Waals surface area (Å²) in [6, 6.07) is 7.77. The number of thioether (sulfide) groups is 1. The minimum atomic E-state index is -0.0354. The SMILES string of the molecule is Cc1cc(Br)ccc1NC(=O)CSc1cc(N2CCCC2)ncn1. The molecule has 1 aliphatic heterocycles. The Kier molecular flexibility index (Phi) is 5.73. The van der Waals surface area contributed by atoms with Gasteiger partial charge in [-0.05, 0) is 43.5 Å². The Morgan fingerprint density at radius 1 is 1.29 bits per heavy atom. The number of nitrogens with one attached hydrogen (secondary N) is 1. The van der Waals surface area contributed by atoms with Crippen LogP contribution in [0.15, 0.2) is 40.1 Å². The first-order valence-electron chi connectivity index (χ1n) is 7.87. The highest BCUT2D eigenvalue weighted by atomic mass is 79.9. The Labute approximate surface area is 154 Å². The van der Waals surface area contributed by atoms with Crippen molar-refractivity contribution in [2.24, 2.45) is 0 Å². The molecule has 2 heterocycles. The molecule has 1 saturated heterocycles. The summed E-state index contributed by atoms with van der Waals surface area (Å²) < 4.78 is 1.00. The van der Waals surface area contributed by atoms with Crippen molar-refractivity contribution < 1.29 is 4.79 Å². The summed E-state index contributed by atoms with van der Waals surface area (Å²) >= 11 is 4.85. The van der Waals surface area contributed by atoms with Gasteiger partial charge in [0.1, 0.15) is 17.2 Å². The number of aromatic nitrogens is 2. The van der Waals surface area contributed by atoms with Gasteiger partial charge in [0.05, 0.1) is 5.75 Å². The lowest BCUT2D eigenvalue weighted by Gasteiger charge is -2.16. The highest BCUT2D eigenvalue weighted by molar-refractivity contribution is 9.10. The third-order valence-electron chi connectivity index (χ3n) is 3.87. The molecular weight excluding hydrogens is 388 g/mol. The zero-order valence-corrected chi connectivity index (χ0v) is 15.9. The van der Waals surface area contributed by atoms with Crippen molar-refractivity contribution >= 4 is 45.1 Å². The minimum Gasteiger partial charge on any atom is -0.356 e. The maximum Gasteiger partial charge on any atom is 0.234 e. The lowest BCUT2D eigenvalue weighted by Crippen LogP contribution is -2.19. The average molecular weight is 407 g/mol. The molecule has 0 atom stereocenters. The Bertz CT molecular complexity index is 734. The molecule has 0 saturated carbocycles. The molecule has 0 spiro atoms. The van der Waals surface area contributed by atoms with Gasteiger partial charge in [0.15, 0.2) is 0 Å².